The van der Waals surface area contributed by atoms with Crippen molar-refractivity contribution < 1.29 is 27.2 Å². The molecular formula is C32H30F3N5O3. The van der Waals surface area contributed by atoms with E-state index in [0.29, 0.717) is 35.8 Å². The maximum atomic E-state index is 13.7. The van der Waals surface area contributed by atoms with Crippen molar-refractivity contribution in [2.75, 3.05) is 36.8 Å². The predicted octanol–water partition coefficient (Wildman–Crippen LogP) is 5.24. The van der Waals surface area contributed by atoms with E-state index in [0.717, 1.165) is 22.2 Å². The Morgan fingerprint density at radius 2 is 1.79 bits per heavy atom. The molecular weight excluding hydrogens is 559 g/mol. The van der Waals surface area contributed by atoms with Gasteiger partial charge >= 0.3 is 0 Å². The molecule has 0 saturated carbocycles. The van der Waals surface area contributed by atoms with Crippen molar-refractivity contribution in [3.05, 3.63) is 84.5 Å². The molecule has 222 valence electrons. The van der Waals surface area contributed by atoms with Crippen LogP contribution in [0.2, 0.25) is 0 Å². The Morgan fingerprint density at radius 3 is 2.47 bits per heavy atom. The zero-order valence-electron chi connectivity index (χ0n) is 23.3. The maximum absolute atomic E-state index is 13.7. The van der Waals surface area contributed by atoms with Crippen LogP contribution >= 0.6 is 0 Å². The summed E-state index contributed by atoms with van der Waals surface area (Å²) in [7, 11) is 0. The van der Waals surface area contributed by atoms with Crippen LogP contribution in [0, 0.1) is 11.7 Å². The minimum Gasteiger partial charge on any atom is -0.459 e. The molecule has 0 radical (unpaired) electrons. The summed E-state index contributed by atoms with van der Waals surface area (Å²) in [5, 5.41) is 3.59. The number of aromatic nitrogens is 1. The number of carbonyl (C=O) groups is 2. The Bertz CT molecular complexity index is 1690. The number of rotatable bonds is 7. The summed E-state index contributed by atoms with van der Waals surface area (Å²) in [6.45, 7) is 5.02. The molecule has 0 spiro atoms. The first-order valence-electron chi connectivity index (χ1n) is 14.0. The van der Waals surface area contributed by atoms with E-state index in [1.54, 1.807) is 29.2 Å². The smallest absolute Gasteiger partial charge is 0.251 e. The lowest BCUT2D eigenvalue weighted by atomic mass is 9.94. The molecule has 2 aliphatic rings. The Kier molecular flexibility index (Phi) is 7.33. The minimum absolute atomic E-state index is 0.0710. The SMILES string of the molecule is C=C(C(=O)NCc1cc2cc(N3CC(C(=O)N4CCC(F)(F)CC4)C3)cc(-c3ccc(F)cc3)c2o1)c1ccc(N)nc1. The molecule has 43 heavy (non-hydrogen) atoms. The third-order valence-corrected chi connectivity index (χ3v) is 8.04. The molecule has 2 aliphatic heterocycles. The number of carbonyl (C=O) groups excluding carboxylic acids is 2. The van der Waals surface area contributed by atoms with Crippen LogP contribution in [0.25, 0.3) is 27.7 Å². The molecule has 2 saturated heterocycles. The standard InChI is InChI=1S/C32H30F3N5O3/c1-19(21-4-7-28(36)37-15-21)30(41)38-16-26-13-22-12-25(14-27(29(22)43-26)20-2-5-24(33)6-3-20)40-17-23(18-40)31(42)39-10-8-32(34,35)9-11-39/h2-7,12-15,23H,1,8-11,16-18H2,(H2,36,37)(H,38,41). The zero-order valence-corrected chi connectivity index (χ0v) is 23.3. The first kappa shape index (κ1) is 28.3. The van der Waals surface area contributed by atoms with Gasteiger partial charge in [-0.05, 0) is 48.0 Å². The van der Waals surface area contributed by atoms with Crippen LogP contribution in [0.5, 0.6) is 0 Å². The number of hydrogen-bond acceptors (Lipinski definition) is 6. The number of alkyl halides is 2. The highest BCUT2D eigenvalue weighted by atomic mass is 19.3. The van der Waals surface area contributed by atoms with Gasteiger partial charge in [0.05, 0.1) is 12.5 Å². The third kappa shape index (κ3) is 5.93. The quantitative estimate of drug-likeness (QED) is 0.286. The van der Waals surface area contributed by atoms with E-state index in [-0.39, 0.29) is 61.6 Å². The molecule has 11 heteroatoms. The average molecular weight is 590 g/mol. The molecule has 4 heterocycles. The first-order valence-corrected chi connectivity index (χ1v) is 14.0. The summed E-state index contributed by atoms with van der Waals surface area (Å²) in [6, 6.07) is 15.0. The molecule has 4 aromatic rings. The van der Waals surface area contributed by atoms with Crippen LogP contribution in [-0.4, -0.2) is 53.8 Å². The summed E-state index contributed by atoms with van der Waals surface area (Å²) in [6.07, 6.45) is 0.875. The van der Waals surface area contributed by atoms with Crippen LogP contribution < -0.4 is 16.0 Å². The van der Waals surface area contributed by atoms with Crippen LogP contribution in [-0.2, 0) is 16.1 Å². The van der Waals surface area contributed by atoms with Gasteiger partial charge in [0.15, 0.2) is 0 Å². The highest BCUT2D eigenvalue weighted by Crippen LogP contribution is 2.38. The largest absolute Gasteiger partial charge is 0.459 e. The van der Waals surface area contributed by atoms with Gasteiger partial charge in [0.1, 0.15) is 23.0 Å². The zero-order chi connectivity index (χ0) is 30.3. The van der Waals surface area contributed by atoms with Crippen molar-refractivity contribution >= 4 is 39.9 Å². The number of anilines is 2. The normalized spacial score (nSPS) is 16.6. The van der Waals surface area contributed by atoms with Crippen molar-refractivity contribution in [2.24, 2.45) is 5.92 Å². The van der Waals surface area contributed by atoms with Gasteiger partial charge in [-0.25, -0.2) is 18.2 Å². The lowest BCUT2D eigenvalue weighted by molar-refractivity contribution is -0.142. The predicted molar refractivity (Wildman–Crippen MR) is 158 cm³/mol. The Hall–Kier alpha value is -4.80. The molecule has 2 aromatic carbocycles. The van der Waals surface area contributed by atoms with E-state index < -0.39 is 5.92 Å². The topological polar surface area (TPSA) is 105 Å². The number of benzene rings is 2. The van der Waals surface area contributed by atoms with Crippen molar-refractivity contribution in [1.29, 1.82) is 0 Å². The Labute approximate surface area is 246 Å². The van der Waals surface area contributed by atoms with E-state index >= 15 is 0 Å². The molecule has 0 unspecified atom stereocenters. The lowest BCUT2D eigenvalue weighted by Gasteiger charge is -2.43. The van der Waals surface area contributed by atoms with Crippen LogP contribution in [0.4, 0.5) is 24.7 Å². The third-order valence-electron chi connectivity index (χ3n) is 8.04. The Morgan fingerprint density at radius 1 is 1.07 bits per heavy atom. The number of furan rings is 1. The van der Waals surface area contributed by atoms with Gasteiger partial charge in [-0.2, -0.15) is 0 Å². The van der Waals surface area contributed by atoms with Crippen LogP contribution in [0.15, 0.2) is 71.8 Å². The summed E-state index contributed by atoms with van der Waals surface area (Å²) < 4.78 is 47.0. The summed E-state index contributed by atoms with van der Waals surface area (Å²) in [5.41, 5.74) is 9.30. The molecule has 8 nitrogen and oxygen atoms in total. The number of nitrogens with one attached hydrogen (secondary N) is 1. The van der Waals surface area contributed by atoms with E-state index in [1.807, 2.05) is 23.1 Å². The molecule has 0 aliphatic carbocycles. The molecule has 0 atom stereocenters. The van der Waals surface area contributed by atoms with E-state index in [2.05, 4.69) is 16.9 Å². The molecule has 3 N–H and O–H groups in total. The van der Waals surface area contributed by atoms with Crippen molar-refractivity contribution in [2.45, 2.75) is 25.3 Å². The minimum atomic E-state index is -2.71. The fourth-order valence-electron chi connectivity index (χ4n) is 5.45. The number of hydrogen-bond donors (Lipinski definition) is 2. The van der Waals surface area contributed by atoms with Gasteiger partial charge in [-0.15, -0.1) is 0 Å². The summed E-state index contributed by atoms with van der Waals surface area (Å²) in [5.74, 6) is -2.98. The average Bonchev–Trinajstić information content (AvgIpc) is 3.38. The van der Waals surface area contributed by atoms with Gasteiger partial charge in [0.25, 0.3) is 11.8 Å². The Balaban J connectivity index is 1.20. The summed E-state index contributed by atoms with van der Waals surface area (Å²) >= 11 is 0. The molecule has 2 amide bonds. The first-order chi connectivity index (χ1) is 20.6. The fourth-order valence-corrected chi connectivity index (χ4v) is 5.45. The van der Waals surface area contributed by atoms with Crippen molar-refractivity contribution in [3.8, 4) is 11.1 Å². The molecule has 6 rings (SSSR count). The number of amides is 2. The second-order valence-electron chi connectivity index (χ2n) is 11.0. The maximum Gasteiger partial charge on any atom is 0.251 e. The van der Waals surface area contributed by atoms with Gasteiger partial charge < -0.3 is 25.3 Å². The highest BCUT2D eigenvalue weighted by molar-refractivity contribution is 6.18. The second kappa shape index (κ2) is 11.1. The number of pyridine rings is 1. The van der Waals surface area contributed by atoms with Crippen LogP contribution in [0.1, 0.15) is 24.2 Å². The number of halogens is 3. The van der Waals surface area contributed by atoms with Crippen molar-refractivity contribution in [1.82, 2.24) is 15.2 Å². The van der Waals surface area contributed by atoms with Crippen LogP contribution in [0.3, 0.4) is 0 Å². The fraction of sp³-hybridized carbons (Fsp3) is 0.281. The number of nitrogens with two attached hydrogens (primary N) is 1. The number of nitrogen functional groups attached to an aromatic ring is 1. The van der Waals surface area contributed by atoms with E-state index in [9.17, 15) is 22.8 Å². The monoisotopic (exact) mass is 589 g/mol. The number of nitrogens with zero attached hydrogens (tertiary/aromatic N) is 3. The number of likely N-dealkylation sites (tertiary alicyclic amines) is 1. The van der Waals surface area contributed by atoms with Gasteiger partial charge in [0, 0.05) is 73.0 Å². The van der Waals surface area contributed by atoms with Gasteiger partial charge in [0.2, 0.25) is 5.91 Å². The van der Waals surface area contributed by atoms with Gasteiger partial charge in [-0.3, -0.25) is 9.59 Å². The summed E-state index contributed by atoms with van der Waals surface area (Å²) in [4.78, 5) is 33.3. The second-order valence-corrected chi connectivity index (χ2v) is 11.0. The molecule has 2 fully saturated rings. The van der Waals surface area contributed by atoms with E-state index in [4.69, 9.17) is 10.2 Å². The lowest BCUT2D eigenvalue weighted by Crippen LogP contribution is -2.56. The highest BCUT2D eigenvalue weighted by Gasteiger charge is 2.40. The molecule has 2 aromatic heterocycles. The number of piperidine rings is 1. The molecule has 0 bridgehead atoms. The number of fused-ring (bicyclic) bond motifs is 1. The van der Waals surface area contributed by atoms with Crippen molar-refractivity contribution in [3.63, 3.8) is 0 Å². The van der Waals surface area contributed by atoms with E-state index in [1.165, 1.54) is 18.3 Å². The van der Waals surface area contributed by atoms with Gasteiger partial charge in [-0.1, -0.05) is 18.7 Å².